The van der Waals surface area contributed by atoms with Gasteiger partial charge in [-0.05, 0) is 111 Å². The molecule has 11 heteroatoms. The maximum atomic E-state index is 16.4. The average molecular weight is 1060 g/mol. The lowest BCUT2D eigenvalue weighted by molar-refractivity contribution is 0.483. The molecule has 3 heterocycles. The highest BCUT2D eigenvalue weighted by molar-refractivity contribution is 6.09. The molecule has 11 aromatic rings. The second kappa shape index (κ2) is 19.4. The number of rotatable bonds is 9. The molecule has 9 aromatic carbocycles. The summed E-state index contributed by atoms with van der Waals surface area (Å²) < 4.78 is 104. The van der Waals surface area contributed by atoms with Crippen LogP contribution in [0.5, 0.6) is 11.5 Å². The van der Waals surface area contributed by atoms with E-state index in [2.05, 4.69) is 73.9 Å². The van der Waals surface area contributed by atoms with Crippen molar-refractivity contribution in [3.05, 3.63) is 240 Å². The number of aromatic nitrogens is 2. The molecule has 2 aromatic heterocycles. The summed E-state index contributed by atoms with van der Waals surface area (Å²) in [5.41, 5.74) is 6.76. The van der Waals surface area contributed by atoms with Gasteiger partial charge in [0.2, 0.25) is 0 Å². The average Bonchev–Trinajstić information content (AvgIpc) is 4.16. The van der Waals surface area contributed by atoms with Gasteiger partial charge < -0.3 is 14.5 Å². The van der Waals surface area contributed by atoms with Crippen LogP contribution in [0.3, 0.4) is 0 Å². The number of ether oxygens (including phenoxy) is 1. The lowest BCUT2D eigenvalue weighted by atomic mass is 9.81. The van der Waals surface area contributed by atoms with Gasteiger partial charge in [-0.3, -0.25) is 4.57 Å². The number of nitrogens with zero attached hydrogens (tertiary/aromatic N) is 4. The molecular weight excluding hydrogens is 1000 g/mol. The second-order valence-electron chi connectivity index (χ2n) is 22.1. The SMILES string of the molecule is CC(C)(C)c1ccnc(-n2c3ccccc3c3ccc(Oc4cc(-c5ccc(-c6ccccc6)cc5)cc(N5CN(c6c(-c7c(F)cc(F)cc7F)cc(C(C)(C)C)cc6-c6c(F)cc(F)cc6F)c6ccccc65)c4)cc32)c1. The molecule has 0 amide bonds. The summed E-state index contributed by atoms with van der Waals surface area (Å²) in [6.45, 7) is 12.0. The van der Waals surface area contributed by atoms with E-state index in [1.165, 1.54) is 0 Å². The van der Waals surface area contributed by atoms with E-state index in [1.54, 1.807) is 29.2 Å². The molecule has 1 aliphatic rings. The highest BCUT2D eigenvalue weighted by atomic mass is 19.2. The molecular formula is C68H52F6N4O. The Kier molecular flexibility index (Phi) is 12.5. The van der Waals surface area contributed by atoms with Crippen molar-refractivity contribution >= 4 is 44.6 Å². The third kappa shape index (κ3) is 9.32. The van der Waals surface area contributed by atoms with Crippen LogP contribution in [-0.4, -0.2) is 16.2 Å². The smallest absolute Gasteiger partial charge is 0.137 e. The second-order valence-corrected chi connectivity index (χ2v) is 22.1. The van der Waals surface area contributed by atoms with Gasteiger partial charge in [0.25, 0.3) is 0 Å². The van der Waals surface area contributed by atoms with Gasteiger partial charge in [-0.1, -0.05) is 126 Å². The minimum absolute atomic E-state index is 0.00659. The van der Waals surface area contributed by atoms with E-state index in [0.717, 1.165) is 55.4 Å². The fourth-order valence-corrected chi connectivity index (χ4v) is 10.8. The first-order chi connectivity index (χ1) is 37.9. The first-order valence-electron chi connectivity index (χ1n) is 26.0. The van der Waals surface area contributed by atoms with E-state index in [1.807, 2.05) is 123 Å². The number of pyridine rings is 1. The van der Waals surface area contributed by atoms with Gasteiger partial charge >= 0.3 is 0 Å². The van der Waals surface area contributed by atoms with Crippen molar-refractivity contribution in [3.8, 4) is 61.8 Å². The highest BCUT2D eigenvalue weighted by Crippen LogP contribution is 2.53. The van der Waals surface area contributed by atoms with Crippen LogP contribution in [0, 0.1) is 34.9 Å². The Bertz CT molecular complexity index is 4070. The van der Waals surface area contributed by atoms with Crippen LogP contribution < -0.4 is 14.5 Å². The molecule has 12 rings (SSSR count). The third-order valence-corrected chi connectivity index (χ3v) is 14.8. The van der Waals surface area contributed by atoms with Gasteiger partial charge in [0.1, 0.15) is 58.9 Å². The van der Waals surface area contributed by atoms with E-state index in [-0.39, 0.29) is 28.9 Å². The Morgan fingerprint density at radius 2 is 0.962 bits per heavy atom. The van der Waals surface area contributed by atoms with E-state index in [4.69, 9.17) is 9.72 Å². The molecule has 0 aliphatic carbocycles. The minimum atomic E-state index is -1.22. The van der Waals surface area contributed by atoms with Crippen LogP contribution in [-0.2, 0) is 10.8 Å². The van der Waals surface area contributed by atoms with Gasteiger partial charge in [0.05, 0.1) is 39.2 Å². The van der Waals surface area contributed by atoms with Crippen molar-refractivity contribution in [1.29, 1.82) is 0 Å². The molecule has 0 N–H and O–H groups in total. The van der Waals surface area contributed by atoms with E-state index in [0.29, 0.717) is 58.4 Å². The summed E-state index contributed by atoms with van der Waals surface area (Å²) in [6, 6.07) is 55.3. The summed E-state index contributed by atoms with van der Waals surface area (Å²) in [6.07, 6.45) is 1.84. The molecule has 79 heavy (non-hydrogen) atoms. The largest absolute Gasteiger partial charge is 0.457 e. The fourth-order valence-electron chi connectivity index (χ4n) is 10.8. The number of hydrogen-bond acceptors (Lipinski definition) is 4. The molecule has 392 valence electrons. The van der Waals surface area contributed by atoms with Crippen LogP contribution in [0.25, 0.3) is 72.1 Å². The first kappa shape index (κ1) is 50.7. The normalized spacial score (nSPS) is 12.7. The highest BCUT2D eigenvalue weighted by Gasteiger charge is 2.36. The molecule has 0 radical (unpaired) electrons. The van der Waals surface area contributed by atoms with Crippen molar-refractivity contribution in [2.24, 2.45) is 0 Å². The van der Waals surface area contributed by atoms with Crippen LogP contribution in [0.4, 0.5) is 49.1 Å². The summed E-state index contributed by atoms with van der Waals surface area (Å²) >= 11 is 0. The number of fused-ring (bicyclic) bond motifs is 4. The zero-order valence-corrected chi connectivity index (χ0v) is 44.1. The van der Waals surface area contributed by atoms with E-state index >= 15 is 17.6 Å². The van der Waals surface area contributed by atoms with Crippen LogP contribution in [0.15, 0.2) is 194 Å². The fraction of sp³-hybridized carbons (Fsp3) is 0.132. The molecule has 0 bridgehead atoms. The zero-order chi connectivity index (χ0) is 55.1. The quantitative estimate of drug-likeness (QED) is 0.135. The minimum Gasteiger partial charge on any atom is -0.457 e. The van der Waals surface area contributed by atoms with Gasteiger partial charge in [-0.25, -0.2) is 31.3 Å². The first-order valence-corrected chi connectivity index (χ1v) is 26.0. The van der Waals surface area contributed by atoms with Gasteiger partial charge in [0, 0.05) is 70.2 Å². The molecule has 0 spiro atoms. The number of anilines is 4. The summed E-state index contributed by atoms with van der Waals surface area (Å²) in [4.78, 5) is 8.59. The molecule has 0 fully saturated rings. The third-order valence-electron chi connectivity index (χ3n) is 14.8. The van der Waals surface area contributed by atoms with Crippen molar-refractivity contribution in [2.75, 3.05) is 16.5 Å². The summed E-state index contributed by atoms with van der Waals surface area (Å²) in [7, 11) is 0. The van der Waals surface area contributed by atoms with Gasteiger partial charge in [0.15, 0.2) is 0 Å². The van der Waals surface area contributed by atoms with Crippen molar-refractivity contribution < 1.29 is 31.1 Å². The Morgan fingerprint density at radius 1 is 0.430 bits per heavy atom. The zero-order valence-electron chi connectivity index (χ0n) is 44.1. The molecule has 0 saturated carbocycles. The Balaban J connectivity index is 1.04. The maximum absolute atomic E-state index is 16.4. The Morgan fingerprint density at radius 3 is 1.57 bits per heavy atom. The number of hydrogen-bond donors (Lipinski definition) is 0. The van der Waals surface area contributed by atoms with E-state index < -0.39 is 51.4 Å². The standard InChI is InChI=1S/C68H52F6N4O/c1-67(2,3)44-26-27-75-63(32-44)78-59-17-11-10-16-51(59)52-25-24-49(38-62(52)78)79-50-29-43(42-22-20-41(21-23-42)40-14-8-7-9-15-40)28-48(37-50)76-39-77(61-19-13-12-18-60(61)76)66-53(64-55(71)33-46(69)34-56(64)72)30-45(68(4,5)6)31-54(66)65-57(73)35-47(70)36-58(65)74/h7-38H,39H2,1-6H3. The summed E-state index contributed by atoms with van der Waals surface area (Å²) in [5.74, 6) is -5.37. The predicted octanol–water partition coefficient (Wildman–Crippen LogP) is 19.3. The Labute approximate surface area is 454 Å². The molecule has 0 unspecified atom stereocenters. The predicted molar refractivity (Wildman–Crippen MR) is 306 cm³/mol. The van der Waals surface area contributed by atoms with Gasteiger partial charge in [-0.15, -0.1) is 0 Å². The lowest BCUT2D eigenvalue weighted by Crippen LogP contribution is -2.25. The molecule has 5 nitrogen and oxygen atoms in total. The van der Waals surface area contributed by atoms with E-state index in [9.17, 15) is 8.78 Å². The molecule has 0 saturated heterocycles. The number of benzene rings is 9. The maximum Gasteiger partial charge on any atom is 0.137 e. The van der Waals surface area contributed by atoms with Crippen molar-refractivity contribution in [1.82, 2.24) is 9.55 Å². The summed E-state index contributed by atoms with van der Waals surface area (Å²) in [5, 5.41) is 2.07. The topological polar surface area (TPSA) is 33.5 Å². The molecule has 1 aliphatic heterocycles. The van der Waals surface area contributed by atoms with Crippen LogP contribution in [0.2, 0.25) is 0 Å². The van der Waals surface area contributed by atoms with Crippen LogP contribution in [0.1, 0.15) is 52.7 Å². The van der Waals surface area contributed by atoms with Crippen molar-refractivity contribution in [2.45, 2.75) is 52.4 Å². The Hall–Kier alpha value is -9.09. The number of halogens is 6. The lowest BCUT2D eigenvalue weighted by Gasteiger charge is -2.30. The van der Waals surface area contributed by atoms with Crippen LogP contribution >= 0.6 is 0 Å². The molecule has 0 atom stereocenters. The monoisotopic (exact) mass is 1050 g/mol. The number of para-hydroxylation sites is 3. The van der Waals surface area contributed by atoms with Crippen molar-refractivity contribution in [3.63, 3.8) is 0 Å². The van der Waals surface area contributed by atoms with Gasteiger partial charge in [-0.2, -0.15) is 0 Å².